The van der Waals surface area contributed by atoms with Crippen LogP contribution in [0.2, 0.25) is 0 Å². The zero-order valence-corrected chi connectivity index (χ0v) is 13.8. The average molecular weight is 346 g/mol. The number of carbonyl (C=O) groups is 2. The molecule has 2 N–H and O–H groups in total. The first kappa shape index (κ1) is 17.7. The summed E-state index contributed by atoms with van der Waals surface area (Å²) in [4.78, 5) is 23.6. The van der Waals surface area contributed by atoms with Gasteiger partial charge in [0, 0.05) is 12.1 Å². The molecular weight excluding hydrogens is 328 g/mol. The zero-order valence-electron chi connectivity index (χ0n) is 12.9. The van der Waals surface area contributed by atoms with Crippen molar-refractivity contribution in [2.24, 2.45) is 0 Å². The number of nitrogens with one attached hydrogen (secondary N) is 2. The van der Waals surface area contributed by atoms with Gasteiger partial charge in [0.2, 0.25) is 11.8 Å². The Hall–Kier alpha value is -2.67. The summed E-state index contributed by atoms with van der Waals surface area (Å²) in [5.74, 6) is -1.17. The van der Waals surface area contributed by atoms with Crippen LogP contribution in [0, 0.1) is 0 Å². The standard InChI is InChI=1S/C17H18N2O4S/c20-16(11-12-24(22,23)15-9-5-2-6-10-15)18-13-17(21)19-14-7-3-1-4-8-14/h1-10H,11-13H2,(H,18,20)(H,19,21). The molecule has 0 aromatic heterocycles. The molecule has 2 aromatic carbocycles. The highest BCUT2D eigenvalue weighted by Crippen LogP contribution is 2.11. The number of sulfone groups is 1. The van der Waals surface area contributed by atoms with Crippen LogP contribution in [0.15, 0.2) is 65.6 Å². The molecule has 6 nitrogen and oxygen atoms in total. The summed E-state index contributed by atoms with van der Waals surface area (Å²) >= 11 is 0. The minimum Gasteiger partial charge on any atom is -0.347 e. The molecule has 0 heterocycles. The number of anilines is 1. The van der Waals surface area contributed by atoms with Crippen molar-refractivity contribution in [2.45, 2.75) is 11.3 Å². The van der Waals surface area contributed by atoms with E-state index in [-0.39, 0.29) is 29.5 Å². The highest BCUT2D eigenvalue weighted by Gasteiger charge is 2.16. The molecule has 0 bridgehead atoms. The van der Waals surface area contributed by atoms with Gasteiger partial charge in [-0.05, 0) is 24.3 Å². The third-order valence-corrected chi connectivity index (χ3v) is 4.94. The number of benzene rings is 2. The van der Waals surface area contributed by atoms with Crippen molar-refractivity contribution in [1.29, 1.82) is 0 Å². The lowest BCUT2D eigenvalue weighted by molar-refractivity contribution is -0.123. The van der Waals surface area contributed by atoms with Gasteiger partial charge < -0.3 is 10.6 Å². The Balaban J connectivity index is 1.76. The molecule has 0 unspecified atom stereocenters. The maximum Gasteiger partial charge on any atom is 0.243 e. The molecule has 0 aliphatic rings. The monoisotopic (exact) mass is 346 g/mol. The van der Waals surface area contributed by atoms with E-state index >= 15 is 0 Å². The van der Waals surface area contributed by atoms with Crippen molar-refractivity contribution in [3.8, 4) is 0 Å². The van der Waals surface area contributed by atoms with Gasteiger partial charge in [0.05, 0.1) is 17.2 Å². The highest BCUT2D eigenvalue weighted by atomic mass is 32.2. The molecule has 2 rings (SSSR count). The Morgan fingerprint density at radius 3 is 2.04 bits per heavy atom. The maximum atomic E-state index is 12.1. The second-order valence-corrected chi connectivity index (χ2v) is 7.18. The van der Waals surface area contributed by atoms with E-state index in [4.69, 9.17) is 0 Å². The van der Waals surface area contributed by atoms with E-state index in [9.17, 15) is 18.0 Å². The van der Waals surface area contributed by atoms with E-state index in [0.717, 1.165) is 0 Å². The number of hydrogen-bond acceptors (Lipinski definition) is 4. The van der Waals surface area contributed by atoms with Gasteiger partial charge in [0.1, 0.15) is 0 Å². The van der Waals surface area contributed by atoms with Crippen LogP contribution < -0.4 is 10.6 Å². The molecule has 24 heavy (non-hydrogen) atoms. The Labute approximate surface area is 140 Å². The normalized spacial score (nSPS) is 10.8. The molecule has 0 atom stereocenters. The van der Waals surface area contributed by atoms with Gasteiger partial charge in [0.25, 0.3) is 0 Å². The van der Waals surface area contributed by atoms with Gasteiger partial charge in [-0.1, -0.05) is 36.4 Å². The maximum absolute atomic E-state index is 12.1. The zero-order chi connectivity index (χ0) is 17.4. The lowest BCUT2D eigenvalue weighted by atomic mass is 10.3. The Kier molecular flexibility index (Phi) is 6.08. The van der Waals surface area contributed by atoms with Gasteiger partial charge in [-0.2, -0.15) is 0 Å². The van der Waals surface area contributed by atoms with Crippen LogP contribution in [-0.2, 0) is 19.4 Å². The fourth-order valence-electron chi connectivity index (χ4n) is 1.97. The van der Waals surface area contributed by atoms with E-state index in [1.165, 1.54) is 12.1 Å². The fourth-order valence-corrected chi connectivity index (χ4v) is 3.23. The molecular formula is C17H18N2O4S. The molecule has 0 aliphatic carbocycles. The van der Waals surface area contributed by atoms with E-state index in [0.29, 0.717) is 5.69 Å². The summed E-state index contributed by atoms with van der Waals surface area (Å²) in [6.07, 6.45) is -0.199. The van der Waals surface area contributed by atoms with Crippen molar-refractivity contribution < 1.29 is 18.0 Å². The minimum absolute atomic E-state index is 0.180. The quantitative estimate of drug-likeness (QED) is 0.796. The predicted molar refractivity (Wildman–Crippen MR) is 91.2 cm³/mol. The summed E-state index contributed by atoms with van der Waals surface area (Å²) in [5.41, 5.74) is 0.628. The van der Waals surface area contributed by atoms with Crippen LogP contribution in [0.4, 0.5) is 5.69 Å². The molecule has 7 heteroatoms. The first-order valence-electron chi connectivity index (χ1n) is 7.37. The molecule has 0 aliphatic heterocycles. The summed E-state index contributed by atoms with van der Waals surface area (Å²) < 4.78 is 24.1. The van der Waals surface area contributed by atoms with E-state index < -0.39 is 15.7 Å². The molecule has 2 aromatic rings. The number of amides is 2. The SMILES string of the molecule is O=C(CCS(=O)(=O)c1ccccc1)NCC(=O)Nc1ccccc1. The first-order valence-corrected chi connectivity index (χ1v) is 9.02. The van der Waals surface area contributed by atoms with E-state index in [2.05, 4.69) is 10.6 Å². The second kappa shape index (κ2) is 8.26. The molecule has 126 valence electrons. The summed E-state index contributed by atoms with van der Waals surface area (Å²) in [6.45, 7) is -0.209. The smallest absolute Gasteiger partial charge is 0.243 e. The van der Waals surface area contributed by atoms with Crippen LogP contribution in [0.5, 0.6) is 0 Å². The molecule has 0 saturated carbocycles. The van der Waals surface area contributed by atoms with Crippen molar-refractivity contribution >= 4 is 27.3 Å². The number of hydrogen-bond donors (Lipinski definition) is 2. The molecule has 0 radical (unpaired) electrons. The third kappa shape index (κ3) is 5.51. The van der Waals surface area contributed by atoms with Crippen LogP contribution in [-0.4, -0.2) is 32.5 Å². The van der Waals surface area contributed by atoms with E-state index in [1.54, 1.807) is 42.5 Å². The summed E-state index contributed by atoms with van der Waals surface area (Å²) in [5, 5.41) is 5.03. The van der Waals surface area contributed by atoms with Crippen molar-refractivity contribution in [3.05, 3.63) is 60.7 Å². The molecule has 0 spiro atoms. The largest absolute Gasteiger partial charge is 0.347 e. The lowest BCUT2D eigenvalue weighted by Crippen LogP contribution is -2.33. The van der Waals surface area contributed by atoms with Crippen molar-refractivity contribution in [2.75, 3.05) is 17.6 Å². The van der Waals surface area contributed by atoms with Crippen molar-refractivity contribution in [1.82, 2.24) is 5.32 Å². The number of carbonyl (C=O) groups excluding carboxylic acids is 2. The van der Waals surface area contributed by atoms with Crippen LogP contribution in [0.3, 0.4) is 0 Å². The van der Waals surface area contributed by atoms with Gasteiger partial charge in [-0.15, -0.1) is 0 Å². The van der Waals surface area contributed by atoms with E-state index in [1.807, 2.05) is 6.07 Å². The third-order valence-electron chi connectivity index (χ3n) is 3.20. The Morgan fingerprint density at radius 1 is 0.833 bits per heavy atom. The van der Waals surface area contributed by atoms with Crippen LogP contribution in [0.25, 0.3) is 0 Å². The minimum atomic E-state index is -3.50. The van der Waals surface area contributed by atoms with Crippen molar-refractivity contribution in [3.63, 3.8) is 0 Å². The first-order chi connectivity index (χ1) is 11.5. The lowest BCUT2D eigenvalue weighted by Gasteiger charge is -2.07. The van der Waals surface area contributed by atoms with Crippen LogP contribution >= 0.6 is 0 Å². The second-order valence-electron chi connectivity index (χ2n) is 5.07. The number of rotatable bonds is 7. The predicted octanol–water partition coefficient (Wildman–Crippen LogP) is 1.61. The molecule has 0 saturated heterocycles. The average Bonchev–Trinajstić information content (AvgIpc) is 2.60. The number of para-hydroxylation sites is 1. The summed E-state index contributed by atoms with van der Waals surface area (Å²) in [6, 6.07) is 16.8. The summed E-state index contributed by atoms with van der Waals surface area (Å²) in [7, 11) is -3.50. The molecule has 0 fully saturated rings. The van der Waals surface area contributed by atoms with Gasteiger partial charge in [-0.3, -0.25) is 9.59 Å². The molecule has 2 amide bonds. The fraction of sp³-hybridized carbons (Fsp3) is 0.176. The Bertz CT molecular complexity index is 790. The van der Waals surface area contributed by atoms with Crippen LogP contribution in [0.1, 0.15) is 6.42 Å². The topological polar surface area (TPSA) is 92.3 Å². The Morgan fingerprint density at radius 2 is 1.42 bits per heavy atom. The van der Waals surface area contributed by atoms with Gasteiger partial charge in [-0.25, -0.2) is 8.42 Å². The van der Waals surface area contributed by atoms with Gasteiger partial charge in [0.15, 0.2) is 9.84 Å². The highest BCUT2D eigenvalue weighted by molar-refractivity contribution is 7.91. The van der Waals surface area contributed by atoms with Gasteiger partial charge >= 0.3 is 0 Å².